The normalized spacial score (nSPS) is 17.3. The SMILES string of the molecule is Cc1nc(C)c(CC(=O)N2CCC[C@H](C(=O)c3nccn3C)C2)c(=O)[nH]1. The number of likely N-dealkylation sites (tertiary alicyclic amines) is 1. The van der Waals surface area contributed by atoms with Gasteiger partial charge in [0.2, 0.25) is 11.7 Å². The summed E-state index contributed by atoms with van der Waals surface area (Å²) >= 11 is 0. The number of aryl methyl sites for hydroxylation is 3. The van der Waals surface area contributed by atoms with Crippen LogP contribution in [0.15, 0.2) is 17.2 Å². The molecular weight excluding hydrogens is 334 g/mol. The Morgan fingerprint density at radius 1 is 1.35 bits per heavy atom. The number of amides is 1. The molecule has 138 valence electrons. The van der Waals surface area contributed by atoms with Gasteiger partial charge in [-0.3, -0.25) is 14.4 Å². The molecule has 0 bridgehead atoms. The lowest BCUT2D eigenvalue weighted by atomic mass is 9.93. The first kappa shape index (κ1) is 18.0. The number of aromatic amines is 1. The van der Waals surface area contributed by atoms with Crippen molar-refractivity contribution in [3.8, 4) is 0 Å². The van der Waals surface area contributed by atoms with Crippen molar-refractivity contribution in [3.05, 3.63) is 45.7 Å². The zero-order valence-corrected chi connectivity index (χ0v) is 15.3. The number of nitrogens with zero attached hydrogens (tertiary/aromatic N) is 4. The van der Waals surface area contributed by atoms with E-state index in [1.807, 2.05) is 0 Å². The summed E-state index contributed by atoms with van der Waals surface area (Å²) < 4.78 is 1.70. The molecule has 0 unspecified atom stereocenters. The predicted molar refractivity (Wildman–Crippen MR) is 94.9 cm³/mol. The number of ketones is 1. The van der Waals surface area contributed by atoms with Crippen LogP contribution in [0.5, 0.6) is 0 Å². The minimum atomic E-state index is -0.277. The molecule has 1 aliphatic heterocycles. The van der Waals surface area contributed by atoms with Crippen LogP contribution in [0.3, 0.4) is 0 Å². The fourth-order valence-electron chi connectivity index (χ4n) is 3.43. The minimum Gasteiger partial charge on any atom is -0.342 e. The number of nitrogens with one attached hydrogen (secondary N) is 1. The van der Waals surface area contributed by atoms with Crippen LogP contribution >= 0.6 is 0 Å². The van der Waals surface area contributed by atoms with Crippen LogP contribution < -0.4 is 5.56 Å². The second kappa shape index (κ2) is 7.23. The topological polar surface area (TPSA) is 101 Å². The van der Waals surface area contributed by atoms with Gasteiger partial charge in [0.25, 0.3) is 5.56 Å². The van der Waals surface area contributed by atoms with Gasteiger partial charge < -0.3 is 14.5 Å². The largest absolute Gasteiger partial charge is 0.342 e. The molecule has 0 aromatic carbocycles. The number of aromatic nitrogens is 4. The van der Waals surface area contributed by atoms with E-state index >= 15 is 0 Å². The van der Waals surface area contributed by atoms with Crippen molar-refractivity contribution in [3.63, 3.8) is 0 Å². The molecule has 8 heteroatoms. The van der Waals surface area contributed by atoms with Crippen molar-refractivity contribution < 1.29 is 9.59 Å². The number of carbonyl (C=O) groups excluding carboxylic acids is 2. The first-order valence-corrected chi connectivity index (χ1v) is 8.72. The summed E-state index contributed by atoms with van der Waals surface area (Å²) in [6.07, 6.45) is 4.82. The number of carbonyl (C=O) groups is 2. The van der Waals surface area contributed by atoms with Crippen LogP contribution in [-0.4, -0.2) is 49.2 Å². The molecule has 0 radical (unpaired) electrons. The average molecular weight is 357 g/mol. The van der Waals surface area contributed by atoms with E-state index in [4.69, 9.17) is 0 Å². The molecule has 1 fully saturated rings. The maximum atomic E-state index is 12.7. The van der Waals surface area contributed by atoms with Gasteiger partial charge in [-0.2, -0.15) is 0 Å². The van der Waals surface area contributed by atoms with Gasteiger partial charge >= 0.3 is 0 Å². The van der Waals surface area contributed by atoms with Gasteiger partial charge in [-0.25, -0.2) is 9.97 Å². The van der Waals surface area contributed by atoms with Crippen LogP contribution in [0.2, 0.25) is 0 Å². The standard InChI is InChI=1S/C18H23N5O3/c1-11-14(18(26)21-12(2)20-11)9-15(24)23-7-4-5-13(10-23)16(25)17-19-6-8-22(17)3/h6,8,13H,4-5,7,9-10H2,1-3H3,(H,20,21,26)/t13-/m0/s1. The van der Waals surface area contributed by atoms with Gasteiger partial charge in [0.05, 0.1) is 6.42 Å². The molecule has 2 aromatic heterocycles. The van der Waals surface area contributed by atoms with Crippen molar-refractivity contribution in [1.29, 1.82) is 0 Å². The van der Waals surface area contributed by atoms with Crippen molar-refractivity contribution >= 4 is 11.7 Å². The second-order valence-corrected chi connectivity index (χ2v) is 6.80. The molecule has 1 aliphatic rings. The number of hydrogen-bond donors (Lipinski definition) is 1. The first-order chi connectivity index (χ1) is 12.4. The molecule has 0 aliphatic carbocycles. The van der Waals surface area contributed by atoms with Gasteiger partial charge in [-0.05, 0) is 26.7 Å². The number of H-pyrrole nitrogens is 1. The van der Waals surface area contributed by atoms with E-state index in [1.165, 1.54) is 0 Å². The van der Waals surface area contributed by atoms with Crippen LogP contribution in [0.4, 0.5) is 0 Å². The summed E-state index contributed by atoms with van der Waals surface area (Å²) in [6.45, 7) is 4.40. The highest BCUT2D eigenvalue weighted by atomic mass is 16.2. The molecule has 26 heavy (non-hydrogen) atoms. The van der Waals surface area contributed by atoms with Crippen LogP contribution in [0, 0.1) is 19.8 Å². The molecule has 3 rings (SSSR count). The van der Waals surface area contributed by atoms with E-state index in [9.17, 15) is 14.4 Å². The van der Waals surface area contributed by atoms with Gasteiger partial charge in [-0.15, -0.1) is 0 Å². The molecule has 8 nitrogen and oxygen atoms in total. The first-order valence-electron chi connectivity index (χ1n) is 8.72. The smallest absolute Gasteiger partial charge is 0.254 e. The summed E-state index contributed by atoms with van der Waals surface area (Å²) in [5, 5.41) is 0. The van der Waals surface area contributed by atoms with Crippen molar-refractivity contribution in [2.24, 2.45) is 13.0 Å². The lowest BCUT2D eigenvalue weighted by Gasteiger charge is -2.32. The second-order valence-electron chi connectivity index (χ2n) is 6.80. The Balaban J connectivity index is 1.72. The van der Waals surface area contributed by atoms with Crippen LogP contribution in [0.25, 0.3) is 0 Å². The summed E-state index contributed by atoms with van der Waals surface area (Å²) in [5.41, 5.74) is 0.677. The molecule has 3 heterocycles. The maximum absolute atomic E-state index is 12.7. The van der Waals surface area contributed by atoms with E-state index in [-0.39, 0.29) is 29.6 Å². The summed E-state index contributed by atoms with van der Waals surface area (Å²) in [4.78, 5) is 50.1. The molecule has 1 amide bonds. The van der Waals surface area contributed by atoms with Gasteiger partial charge in [0, 0.05) is 49.7 Å². The van der Waals surface area contributed by atoms with Crippen LogP contribution in [0.1, 0.15) is 40.5 Å². The monoisotopic (exact) mass is 357 g/mol. The van der Waals surface area contributed by atoms with Gasteiger partial charge in [0.15, 0.2) is 5.82 Å². The quantitative estimate of drug-likeness (QED) is 0.815. The highest BCUT2D eigenvalue weighted by molar-refractivity contribution is 5.95. The zero-order valence-electron chi connectivity index (χ0n) is 15.3. The maximum Gasteiger partial charge on any atom is 0.254 e. The summed E-state index contributed by atoms with van der Waals surface area (Å²) in [5.74, 6) is 0.494. The van der Waals surface area contributed by atoms with Crippen molar-refractivity contribution in [1.82, 2.24) is 24.4 Å². The average Bonchev–Trinajstić information content (AvgIpc) is 3.03. The summed E-state index contributed by atoms with van der Waals surface area (Å²) in [6, 6.07) is 0. The lowest BCUT2D eigenvalue weighted by Crippen LogP contribution is -2.44. The third-order valence-electron chi connectivity index (χ3n) is 4.86. The Hall–Kier alpha value is -2.77. The van der Waals surface area contributed by atoms with E-state index in [2.05, 4.69) is 15.0 Å². The molecule has 1 atom stereocenters. The van der Waals surface area contributed by atoms with Crippen molar-refractivity contribution in [2.75, 3.05) is 13.1 Å². The number of Topliss-reactive ketones (excluding diaryl/α,β-unsaturated/α-hetero) is 1. The van der Waals surface area contributed by atoms with E-state index in [0.29, 0.717) is 36.0 Å². The molecular formula is C18H23N5O3. The summed E-state index contributed by atoms with van der Waals surface area (Å²) in [7, 11) is 1.78. The Labute approximate surface area is 151 Å². The number of hydrogen-bond acceptors (Lipinski definition) is 5. The van der Waals surface area contributed by atoms with E-state index in [1.54, 1.807) is 42.8 Å². The van der Waals surface area contributed by atoms with Gasteiger partial charge in [-0.1, -0.05) is 0 Å². The number of piperidine rings is 1. The Morgan fingerprint density at radius 2 is 2.12 bits per heavy atom. The minimum absolute atomic E-state index is 0.00222. The van der Waals surface area contributed by atoms with Gasteiger partial charge in [0.1, 0.15) is 5.82 Å². The van der Waals surface area contributed by atoms with E-state index in [0.717, 1.165) is 12.8 Å². The van der Waals surface area contributed by atoms with Crippen LogP contribution in [-0.2, 0) is 18.3 Å². The zero-order chi connectivity index (χ0) is 18.8. The fourth-order valence-corrected chi connectivity index (χ4v) is 3.43. The molecule has 2 aromatic rings. The Morgan fingerprint density at radius 3 is 2.77 bits per heavy atom. The molecule has 0 saturated carbocycles. The third-order valence-corrected chi connectivity index (χ3v) is 4.86. The highest BCUT2D eigenvalue weighted by Gasteiger charge is 2.31. The van der Waals surface area contributed by atoms with Crippen molar-refractivity contribution in [2.45, 2.75) is 33.1 Å². The molecule has 1 saturated heterocycles. The Bertz CT molecular complexity index is 898. The predicted octanol–water partition coefficient (Wildman–Crippen LogP) is 0.784. The Kier molecular flexibility index (Phi) is 5.01. The molecule has 0 spiro atoms. The van der Waals surface area contributed by atoms with E-state index < -0.39 is 0 Å². The number of imidazole rings is 1. The number of rotatable bonds is 4. The third kappa shape index (κ3) is 3.58. The molecule has 1 N–H and O–H groups in total. The highest BCUT2D eigenvalue weighted by Crippen LogP contribution is 2.21. The lowest BCUT2D eigenvalue weighted by molar-refractivity contribution is -0.131. The fraction of sp³-hybridized carbons (Fsp3) is 0.500.